The van der Waals surface area contributed by atoms with E-state index in [1.54, 1.807) is 6.92 Å². The average Bonchev–Trinajstić information content (AvgIpc) is 1.87. The standard InChI is InChI=1S/C6H12O4/c1-4(6(7)8)10-5(2)9-3/h4-5H,1-3H3,(H,7,8). The van der Waals surface area contributed by atoms with Crippen molar-refractivity contribution in [3.8, 4) is 0 Å². The van der Waals surface area contributed by atoms with Crippen LogP contribution in [0.1, 0.15) is 13.8 Å². The summed E-state index contributed by atoms with van der Waals surface area (Å²) in [4.78, 5) is 10.2. The summed E-state index contributed by atoms with van der Waals surface area (Å²) in [5, 5.41) is 8.35. The Bertz CT molecular complexity index is 112. The number of carboxylic acids is 1. The van der Waals surface area contributed by atoms with Crippen molar-refractivity contribution in [3.63, 3.8) is 0 Å². The van der Waals surface area contributed by atoms with Crippen LogP contribution in [0.25, 0.3) is 0 Å². The molecule has 0 aromatic carbocycles. The van der Waals surface area contributed by atoms with Crippen LogP contribution in [-0.2, 0) is 14.3 Å². The monoisotopic (exact) mass is 148 g/mol. The Morgan fingerprint density at radius 2 is 2.00 bits per heavy atom. The van der Waals surface area contributed by atoms with Gasteiger partial charge in [-0.2, -0.15) is 0 Å². The molecule has 0 heterocycles. The summed E-state index contributed by atoms with van der Waals surface area (Å²) in [6, 6.07) is 0. The normalized spacial score (nSPS) is 16.3. The third-order valence-corrected chi connectivity index (χ3v) is 1.08. The minimum Gasteiger partial charge on any atom is -0.479 e. The van der Waals surface area contributed by atoms with Gasteiger partial charge in [0.15, 0.2) is 12.4 Å². The summed E-state index contributed by atoms with van der Waals surface area (Å²) in [7, 11) is 1.46. The minimum absolute atomic E-state index is 0.467. The third-order valence-electron chi connectivity index (χ3n) is 1.08. The summed E-state index contributed by atoms with van der Waals surface area (Å²) in [6.45, 7) is 3.09. The molecule has 1 N–H and O–H groups in total. The van der Waals surface area contributed by atoms with Crippen LogP contribution in [0, 0.1) is 0 Å². The Kier molecular flexibility index (Phi) is 3.99. The second-order valence-corrected chi connectivity index (χ2v) is 1.92. The lowest BCUT2D eigenvalue weighted by Crippen LogP contribution is -2.25. The summed E-state index contributed by atoms with van der Waals surface area (Å²) < 4.78 is 9.52. The molecule has 2 unspecified atom stereocenters. The molecule has 4 nitrogen and oxygen atoms in total. The van der Waals surface area contributed by atoms with Crippen LogP contribution < -0.4 is 0 Å². The molecule has 2 atom stereocenters. The van der Waals surface area contributed by atoms with Crippen molar-refractivity contribution < 1.29 is 19.4 Å². The van der Waals surface area contributed by atoms with E-state index in [0.717, 1.165) is 0 Å². The van der Waals surface area contributed by atoms with Gasteiger partial charge in [0.2, 0.25) is 0 Å². The van der Waals surface area contributed by atoms with E-state index in [9.17, 15) is 4.79 Å². The number of hydrogen-bond donors (Lipinski definition) is 1. The molecule has 0 saturated heterocycles. The average molecular weight is 148 g/mol. The molecule has 0 fully saturated rings. The van der Waals surface area contributed by atoms with Crippen LogP contribution >= 0.6 is 0 Å². The molecular formula is C6H12O4. The van der Waals surface area contributed by atoms with E-state index in [0.29, 0.717) is 0 Å². The second kappa shape index (κ2) is 4.24. The third kappa shape index (κ3) is 3.42. The first-order valence-corrected chi connectivity index (χ1v) is 2.99. The van der Waals surface area contributed by atoms with Crippen LogP contribution in [0.5, 0.6) is 0 Å². The van der Waals surface area contributed by atoms with E-state index in [-0.39, 0.29) is 0 Å². The number of ether oxygens (including phenoxy) is 2. The van der Waals surface area contributed by atoms with Crippen molar-refractivity contribution in [2.24, 2.45) is 0 Å². The lowest BCUT2D eigenvalue weighted by atomic mass is 10.4. The smallest absolute Gasteiger partial charge is 0.332 e. The number of hydrogen-bond acceptors (Lipinski definition) is 3. The van der Waals surface area contributed by atoms with Crippen molar-refractivity contribution in [1.29, 1.82) is 0 Å². The van der Waals surface area contributed by atoms with E-state index in [1.807, 2.05) is 0 Å². The van der Waals surface area contributed by atoms with Crippen LogP contribution in [-0.4, -0.2) is 30.6 Å². The van der Waals surface area contributed by atoms with Gasteiger partial charge in [-0.05, 0) is 13.8 Å². The Morgan fingerprint density at radius 3 is 2.30 bits per heavy atom. The van der Waals surface area contributed by atoms with E-state index in [2.05, 4.69) is 4.74 Å². The first-order chi connectivity index (χ1) is 4.57. The van der Waals surface area contributed by atoms with Crippen molar-refractivity contribution in [2.75, 3.05) is 7.11 Å². The summed E-state index contributed by atoms with van der Waals surface area (Å²) in [5.74, 6) is -0.982. The molecule has 0 aliphatic rings. The van der Waals surface area contributed by atoms with Crippen molar-refractivity contribution in [1.82, 2.24) is 0 Å². The van der Waals surface area contributed by atoms with Gasteiger partial charge in [0.1, 0.15) is 0 Å². The highest BCUT2D eigenvalue weighted by Crippen LogP contribution is 1.97. The molecule has 0 aliphatic carbocycles. The molecule has 0 aliphatic heterocycles. The lowest BCUT2D eigenvalue weighted by molar-refractivity contribution is -0.174. The number of carbonyl (C=O) groups is 1. The Hall–Kier alpha value is -0.610. The fourth-order valence-corrected chi connectivity index (χ4v) is 0.401. The zero-order chi connectivity index (χ0) is 8.15. The predicted molar refractivity (Wildman–Crippen MR) is 34.7 cm³/mol. The SMILES string of the molecule is COC(C)OC(C)C(=O)O. The predicted octanol–water partition coefficient (Wildman–Crippen LogP) is 0.468. The maximum Gasteiger partial charge on any atom is 0.332 e. The van der Waals surface area contributed by atoms with Crippen molar-refractivity contribution >= 4 is 5.97 Å². The highest BCUT2D eigenvalue weighted by molar-refractivity contribution is 5.71. The van der Waals surface area contributed by atoms with E-state index in [4.69, 9.17) is 9.84 Å². The molecule has 60 valence electrons. The number of aliphatic carboxylic acids is 1. The minimum atomic E-state index is -0.982. The molecule has 0 spiro atoms. The molecule has 0 saturated carbocycles. The Labute approximate surface area is 59.7 Å². The summed E-state index contributed by atoms with van der Waals surface area (Å²) in [5.41, 5.74) is 0. The summed E-state index contributed by atoms with van der Waals surface area (Å²) in [6.07, 6.45) is -1.28. The molecule has 10 heavy (non-hydrogen) atoms. The lowest BCUT2D eigenvalue weighted by Gasteiger charge is -2.13. The zero-order valence-electron chi connectivity index (χ0n) is 6.33. The number of rotatable bonds is 4. The fourth-order valence-electron chi connectivity index (χ4n) is 0.401. The first-order valence-electron chi connectivity index (χ1n) is 2.99. The van der Waals surface area contributed by atoms with Crippen molar-refractivity contribution in [3.05, 3.63) is 0 Å². The first kappa shape index (κ1) is 9.39. The van der Waals surface area contributed by atoms with E-state index in [1.165, 1.54) is 14.0 Å². The van der Waals surface area contributed by atoms with Gasteiger partial charge in [-0.3, -0.25) is 0 Å². The molecule has 0 aromatic rings. The van der Waals surface area contributed by atoms with E-state index < -0.39 is 18.4 Å². The highest BCUT2D eigenvalue weighted by atomic mass is 16.7. The Morgan fingerprint density at radius 1 is 1.50 bits per heavy atom. The number of carboxylic acid groups (broad SMARTS) is 1. The van der Waals surface area contributed by atoms with Crippen molar-refractivity contribution in [2.45, 2.75) is 26.2 Å². The number of methoxy groups -OCH3 is 1. The highest BCUT2D eigenvalue weighted by Gasteiger charge is 2.13. The van der Waals surface area contributed by atoms with Crippen LogP contribution in [0.3, 0.4) is 0 Å². The molecule has 0 amide bonds. The van der Waals surface area contributed by atoms with Gasteiger partial charge < -0.3 is 14.6 Å². The van der Waals surface area contributed by atoms with Crippen LogP contribution in [0.15, 0.2) is 0 Å². The molecule has 0 aromatic heterocycles. The van der Waals surface area contributed by atoms with Gasteiger partial charge in [-0.1, -0.05) is 0 Å². The van der Waals surface area contributed by atoms with Gasteiger partial charge in [0.05, 0.1) is 0 Å². The van der Waals surface area contributed by atoms with E-state index >= 15 is 0 Å². The van der Waals surface area contributed by atoms with Crippen LogP contribution in [0.2, 0.25) is 0 Å². The molecule has 0 bridgehead atoms. The fraction of sp³-hybridized carbons (Fsp3) is 0.833. The summed E-state index contributed by atoms with van der Waals surface area (Å²) >= 11 is 0. The van der Waals surface area contributed by atoms with Gasteiger partial charge >= 0.3 is 5.97 Å². The quantitative estimate of drug-likeness (QED) is 0.589. The topological polar surface area (TPSA) is 55.8 Å². The molecular weight excluding hydrogens is 136 g/mol. The molecule has 0 radical (unpaired) electrons. The van der Waals surface area contributed by atoms with Gasteiger partial charge in [-0.25, -0.2) is 4.79 Å². The maximum atomic E-state index is 10.2. The maximum absolute atomic E-state index is 10.2. The van der Waals surface area contributed by atoms with Gasteiger partial charge in [-0.15, -0.1) is 0 Å². The molecule has 4 heteroatoms. The van der Waals surface area contributed by atoms with Gasteiger partial charge in [0, 0.05) is 7.11 Å². The molecule has 0 rings (SSSR count). The Balaban J connectivity index is 3.56. The largest absolute Gasteiger partial charge is 0.479 e. The second-order valence-electron chi connectivity index (χ2n) is 1.92. The van der Waals surface area contributed by atoms with Crippen LogP contribution in [0.4, 0.5) is 0 Å². The zero-order valence-corrected chi connectivity index (χ0v) is 6.33. The van der Waals surface area contributed by atoms with Gasteiger partial charge in [0.25, 0.3) is 0 Å².